The van der Waals surface area contributed by atoms with Gasteiger partial charge in [-0.15, -0.1) is 0 Å². The molecule has 34 heavy (non-hydrogen) atoms. The van der Waals surface area contributed by atoms with Crippen LogP contribution in [0.15, 0.2) is 64.6 Å². The first-order chi connectivity index (χ1) is 16.5. The largest absolute Gasteiger partial charge is 0.507 e. The van der Waals surface area contributed by atoms with Gasteiger partial charge in [0.15, 0.2) is 11.5 Å². The summed E-state index contributed by atoms with van der Waals surface area (Å²) in [4.78, 5) is 27.7. The van der Waals surface area contributed by atoms with Crippen LogP contribution in [-0.2, 0) is 9.59 Å². The van der Waals surface area contributed by atoms with E-state index in [9.17, 15) is 14.7 Å². The number of hydrogen-bond donors (Lipinski definition) is 1. The van der Waals surface area contributed by atoms with Crippen LogP contribution in [0.2, 0.25) is 0 Å². The fourth-order valence-corrected chi connectivity index (χ4v) is 4.09. The molecule has 1 aromatic heterocycles. The van der Waals surface area contributed by atoms with Crippen molar-refractivity contribution in [3.63, 3.8) is 0 Å². The second kappa shape index (κ2) is 8.62. The number of fused-ring (bicyclic) bond motifs is 1. The Balaban J connectivity index is 1.61. The van der Waals surface area contributed by atoms with E-state index in [1.54, 1.807) is 61.5 Å². The molecular weight excluding hydrogens is 438 g/mol. The van der Waals surface area contributed by atoms with E-state index in [1.807, 2.05) is 6.92 Å². The number of amides is 1. The van der Waals surface area contributed by atoms with E-state index in [0.29, 0.717) is 46.6 Å². The second-order valence-corrected chi connectivity index (χ2v) is 8.03. The van der Waals surface area contributed by atoms with E-state index in [4.69, 9.17) is 18.6 Å². The molecule has 0 bridgehead atoms. The van der Waals surface area contributed by atoms with E-state index in [1.165, 1.54) is 4.90 Å². The number of aryl methyl sites for hydroxylation is 1. The van der Waals surface area contributed by atoms with E-state index >= 15 is 0 Å². The van der Waals surface area contributed by atoms with Gasteiger partial charge in [-0.05, 0) is 61.9 Å². The first-order valence-electron chi connectivity index (χ1n) is 11.0. The summed E-state index contributed by atoms with van der Waals surface area (Å²) in [5.74, 6) is 0.776. The van der Waals surface area contributed by atoms with Crippen molar-refractivity contribution < 1.29 is 33.3 Å². The van der Waals surface area contributed by atoms with Crippen molar-refractivity contribution in [3.05, 3.63) is 77.3 Å². The number of carbonyl (C=O) groups is 2. The first kappa shape index (κ1) is 21.6. The van der Waals surface area contributed by atoms with Crippen molar-refractivity contribution in [1.29, 1.82) is 0 Å². The van der Waals surface area contributed by atoms with E-state index in [-0.39, 0.29) is 18.1 Å². The van der Waals surface area contributed by atoms with Crippen molar-refractivity contribution in [3.8, 4) is 17.2 Å². The lowest BCUT2D eigenvalue weighted by atomic mass is 9.99. The summed E-state index contributed by atoms with van der Waals surface area (Å²) in [7, 11) is 0. The van der Waals surface area contributed by atoms with Crippen LogP contribution in [0.5, 0.6) is 17.2 Å². The molecule has 0 radical (unpaired) electrons. The number of nitrogens with zero attached hydrogens (tertiary/aromatic N) is 1. The van der Waals surface area contributed by atoms with Crippen LogP contribution >= 0.6 is 0 Å². The second-order valence-electron chi connectivity index (χ2n) is 8.03. The summed E-state index contributed by atoms with van der Waals surface area (Å²) in [6.45, 7) is 4.43. The van der Waals surface area contributed by atoms with Crippen molar-refractivity contribution in [2.75, 3.05) is 18.3 Å². The van der Waals surface area contributed by atoms with Gasteiger partial charge in [0.25, 0.3) is 11.7 Å². The number of benzene rings is 2. The molecular formula is C26H23NO7. The number of aliphatic hydroxyl groups excluding tert-OH is 1. The average molecular weight is 461 g/mol. The minimum Gasteiger partial charge on any atom is -0.507 e. The highest BCUT2D eigenvalue weighted by Gasteiger charge is 2.48. The fourth-order valence-electron chi connectivity index (χ4n) is 4.09. The third-order valence-electron chi connectivity index (χ3n) is 5.71. The lowest BCUT2D eigenvalue weighted by molar-refractivity contribution is -0.132. The molecule has 174 valence electrons. The molecule has 2 aromatic carbocycles. The summed E-state index contributed by atoms with van der Waals surface area (Å²) in [5.41, 5.74) is 0.757. The number of carbonyl (C=O) groups excluding carboxylic acids is 2. The summed E-state index contributed by atoms with van der Waals surface area (Å²) < 4.78 is 22.2. The molecule has 1 fully saturated rings. The van der Waals surface area contributed by atoms with Gasteiger partial charge in [-0.2, -0.15) is 0 Å². The van der Waals surface area contributed by atoms with Gasteiger partial charge in [0.05, 0.1) is 12.2 Å². The Labute approximate surface area is 196 Å². The van der Waals surface area contributed by atoms with Crippen LogP contribution in [0.25, 0.3) is 5.76 Å². The zero-order valence-electron chi connectivity index (χ0n) is 18.7. The predicted octanol–water partition coefficient (Wildman–Crippen LogP) is 4.73. The average Bonchev–Trinajstić information content (AvgIpc) is 3.55. The number of hydrogen-bond acceptors (Lipinski definition) is 7. The predicted molar refractivity (Wildman–Crippen MR) is 123 cm³/mol. The lowest BCUT2D eigenvalue weighted by Gasteiger charge is -2.23. The number of rotatable bonds is 6. The molecule has 0 aliphatic carbocycles. The van der Waals surface area contributed by atoms with Crippen molar-refractivity contribution in [1.82, 2.24) is 0 Å². The van der Waals surface area contributed by atoms with Crippen LogP contribution in [0.1, 0.15) is 36.5 Å². The summed E-state index contributed by atoms with van der Waals surface area (Å²) >= 11 is 0. The number of ketones is 1. The summed E-state index contributed by atoms with van der Waals surface area (Å²) in [6, 6.07) is 14.2. The Hall–Kier alpha value is -4.20. The molecule has 1 N–H and O–H groups in total. The van der Waals surface area contributed by atoms with Crippen molar-refractivity contribution >= 4 is 23.1 Å². The smallest absolute Gasteiger partial charge is 0.300 e. The normalized spacial score (nSPS) is 18.5. The Morgan fingerprint density at radius 3 is 2.53 bits per heavy atom. The van der Waals surface area contributed by atoms with E-state index < -0.39 is 17.7 Å². The Bertz CT molecular complexity index is 1290. The maximum atomic E-state index is 13.2. The van der Waals surface area contributed by atoms with Gasteiger partial charge in [0.1, 0.15) is 29.1 Å². The van der Waals surface area contributed by atoms with Crippen LogP contribution in [0, 0.1) is 6.92 Å². The van der Waals surface area contributed by atoms with Gasteiger partial charge in [-0.3, -0.25) is 14.5 Å². The Morgan fingerprint density at radius 1 is 1.06 bits per heavy atom. The highest BCUT2D eigenvalue weighted by molar-refractivity contribution is 6.51. The molecule has 0 spiro atoms. The van der Waals surface area contributed by atoms with Crippen molar-refractivity contribution in [2.24, 2.45) is 0 Å². The molecule has 2 aliphatic rings. The highest BCUT2D eigenvalue weighted by Crippen LogP contribution is 2.45. The van der Waals surface area contributed by atoms with E-state index in [2.05, 4.69) is 0 Å². The Morgan fingerprint density at radius 2 is 1.82 bits per heavy atom. The van der Waals surface area contributed by atoms with Crippen LogP contribution in [0.4, 0.5) is 5.69 Å². The summed E-state index contributed by atoms with van der Waals surface area (Å²) in [5, 5.41) is 11.2. The first-order valence-corrected chi connectivity index (χ1v) is 11.0. The SMILES string of the molecule is CCCOc1ccc(/C(O)=C2/C(=O)C(=O)N(c3ccc4c(c3)OCO4)C2c2ccc(C)o2)cc1. The maximum absolute atomic E-state index is 13.2. The van der Waals surface area contributed by atoms with Gasteiger partial charge >= 0.3 is 0 Å². The van der Waals surface area contributed by atoms with Gasteiger partial charge < -0.3 is 23.7 Å². The molecule has 1 amide bonds. The number of Topliss-reactive ketones (excluding diaryl/α,β-unsaturated/α-hetero) is 1. The third kappa shape index (κ3) is 3.67. The zero-order valence-corrected chi connectivity index (χ0v) is 18.7. The topological polar surface area (TPSA) is 98.4 Å². The molecule has 2 aliphatic heterocycles. The number of aliphatic hydroxyl groups is 1. The molecule has 1 saturated heterocycles. The molecule has 3 heterocycles. The highest BCUT2D eigenvalue weighted by atomic mass is 16.7. The van der Waals surface area contributed by atoms with Crippen LogP contribution in [0.3, 0.4) is 0 Å². The molecule has 1 atom stereocenters. The number of furan rings is 1. The van der Waals surface area contributed by atoms with Gasteiger partial charge in [-0.25, -0.2) is 0 Å². The minimum absolute atomic E-state index is 0.0563. The van der Waals surface area contributed by atoms with Crippen molar-refractivity contribution in [2.45, 2.75) is 26.3 Å². The van der Waals surface area contributed by atoms with Crippen LogP contribution in [-0.4, -0.2) is 30.2 Å². The fraction of sp³-hybridized carbons (Fsp3) is 0.231. The zero-order chi connectivity index (χ0) is 23.8. The number of anilines is 1. The third-order valence-corrected chi connectivity index (χ3v) is 5.71. The minimum atomic E-state index is -0.954. The summed E-state index contributed by atoms with van der Waals surface area (Å²) in [6.07, 6.45) is 0.869. The Kier molecular flexibility index (Phi) is 5.49. The standard InChI is InChI=1S/C26H23NO7/c1-3-12-31-18-8-5-16(6-9-18)24(28)22-23(20-10-4-15(2)34-20)27(26(30)25(22)29)17-7-11-19-21(13-17)33-14-32-19/h4-11,13,23,28H,3,12,14H2,1-2H3/b24-22-. The van der Waals surface area contributed by atoms with Gasteiger partial charge in [-0.1, -0.05) is 6.92 Å². The molecule has 5 rings (SSSR count). The number of ether oxygens (including phenoxy) is 3. The molecule has 8 nitrogen and oxygen atoms in total. The molecule has 1 unspecified atom stereocenters. The molecule has 0 saturated carbocycles. The monoisotopic (exact) mass is 461 g/mol. The van der Waals surface area contributed by atoms with Gasteiger partial charge in [0, 0.05) is 17.3 Å². The van der Waals surface area contributed by atoms with Crippen LogP contribution < -0.4 is 19.1 Å². The van der Waals surface area contributed by atoms with E-state index in [0.717, 1.165) is 6.42 Å². The maximum Gasteiger partial charge on any atom is 0.300 e. The lowest BCUT2D eigenvalue weighted by Crippen LogP contribution is -2.29. The van der Waals surface area contributed by atoms with Gasteiger partial charge in [0.2, 0.25) is 6.79 Å². The quantitative estimate of drug-likeness (QED) is 0.322. The molecule has 3 aromatic rings. The molecule has 8 heteroatoms.